The number of aryl methyl sites for hydroxylation is 1. The molecule has 1 heterocycles. The first-order valence-corrected chi connectivity index (χ1v) is 8.12. The maximum Gasteiger partial charge on any atom is 0.238 e. The number of aromatic nitrogens is 2. The zero-order valence-corrected chi connectivity index (χ0v) is 13.1. The van der Waals surface area contributed by atoms with E-state index < -0.39 is 16.2 Å². The predicted molar refractivity (Wildman–Crippen MR) is 82.3 cm³/mol. The van der Waals surface area contributed by atoms with Gasteiger partial charge in [0.2, 0.25) is 16.0 Å². The second-order valence-corrected chi connectivity index (χ2v) is 6.61. The number of primary sulfonamides is 1. The molecule has 1 unspecified atom stereocenters. The summed E-state index contributed by atoms with van der Waals surface area (Å²) < 4.78 is 36.7. The zero-order valence-electron chi connectivity index (χ0n) is 12.2. The fourth-order valence-electron chi connectivity index (χ4n) is 2.23. The molecule has 1 aromatic heterocycles. The number of anilines is 1. The lowest BCUT2D eigenvalue weighted by Gasteiger charge is -2.12. The van der Waals surface area contributed by atoms with Crippen LogP contribution in [0.4, 0.5) is 10.3 Å². The third-order valence-electron chi connectivity index (χ3n) is 3.18. The Balaban J connectivity index is 2.60. The van der Waals surface area contributed by atoms with Crippen LogP contribution in [0.5, 0.6) is 0 Å². The number of sulfonamides is 1. The van der Waals surface area contributed by atoms with Crippen LogP contribution in [0.25, 0.3) is 11.1 Å². The van der Waals surface area contributed by atoms with Gasteiger partial charge in [-0.1, -0.05) is 12.1 Å². The quantitative estimate of drug-likeness (QED) is 0.886. The maximum atomic E-state index is 13.2. The van der Waals surface area contributed by atoms with E-state index in [1.165, 1.54) is 19.2 Å². The van der Waals surface area contributed by atoms with Crippen molar-refractivity contribution in [2.24, 2.45) is 5.14 Å². The first-order chi connectivity index (χ1) is 10.2. The van der Waals surface area contributed by atoms with Crippen LogP contribution in [0.2, 0.25) is 0 Å². The van der Waals surface area contributed by atoms with E-state index >= 15 is 0 Å². The van der Waals surface area contributed by atoms with Gasteiger partial charge in [0.05, 0.1) is 10.6 Å². The highest BCUT2D eigenvalue weighted by molar-refractivity contribution is 7.89. The monoisotopic (exact) mass is 324 g/mol. The van der Waals surface area contributed by atoms with Crippen molar-refractivity contribution in [3.63, 3.8) is 0 Å². The summed E-state index contributed by atoms with van der Waals surface area (Å²) in [7, 11) is -3.96. The van der Waals surface area contributed by atoms with Gasteiger partial charge in [0.15, 0.2) is 0 Å². The smallest absolute Gasteiger partial charge is 0.238 e. The van der Waals surface area contributed by atoms with Crippen LogP contribution in [0.1, 0.15) is 18.2 Å². The lowest BCUT2D eigenvalue weighted by molar-refractivity contribution is 0.358. The highest BCUT2D eigenvalue weighted by Gasteiger charge is 2.18. The van der Waals surface area contributed by atoms with E-state index in [1.54, 1.807) is 19.1 Å². The van der Waals surface area contributed by atoms with Gasteiger partial charge in [-0.25, -0.2) is 27.9 Å². The first-order valence-electron chi connectivity index (χ1n) is 6.57. The van der Waals surface area contributed by atoms with Gasteiger partial charge in [0, 0.05) is 18.2 Å². The highest BCUT2D eigenvalue weighted by atomic mass is 32.2. The average molecular weight is 324 g/mol. The van der Waals surface area contributed by atoms with E-state index in [0.717, 1.165) is 0 Å². The van der Waals surface area contributed by atoms with Crippen molar-refractivity contribution in [2.45, 2.75) is 31.3 Å². The standard InChI is InChI=1S/C14H17FN4O2S/c1-8(15)5-11-4-3-10(6-13(11)22(17,20)21)12-7-18-14(16)19-9(12)2/h3-4,6-8H,5H2,1-2H3,(H2,16,18,19)(H2,17,20,21). The fourth-order valence-corrected chi connectivity index (χ4v) is 3.04. The fraction of sp³-hybridized carbons (Fsp3) is 0.286. The van der Waals surface area contributed by atoms with E-state index in [4.69, 9.17) is 10.9 Å². The van der Waals surface area contributed by atoms with Gasteiger partial charge in [-0.05, 0) is 31.0 Å². The molecule has 22 heavy (non-hydrogen) atoms. The normalized spacial score (nSPS) is 13.1. The molecule has 0 aliphatic heterocycles. The summed E-state index contributed by atoms with van der Waals surface area (Å²) in [6.07, 6.45) is 0.314. The second-order valence-electron chi connectivity index (χ2n) is 5.08. The molecule has 0 bridgehead atoms. The number of hydrogen-bond donors (Lipinski definition) is 2. The van der Waals surface area contributed by atoms with Crippen LogP contribution < -0.4 is 10.9 Å². The Morgan fingerprint density at radius 1 is 1.36 bits per heavy atom. The van der Waals surface area contributed by atoms with E-state index in [0.29, 0.717) is 22.4 Å². The molecule has 0 aliphatic rings. The van der Waals surface area contributed by atoms with Crippen molar-refractivity contribution in [2.75, 3.05) is 5.73 Å². The van der Waals surface area contributed by atoms with Crippen LogP contribution in [0.15, 0.2) is 29.3 Å². The van der Waals surface area contributed by atoms with Crippen molar-refractivity contribution in [3.8, 4) is 11.1 Å². The van der Waals surface area contributed by atoms with Gasteiger partial charge in [0.25, 0.3) is 0 Å². The van der Waals surface area contributed by atoms with E-state index in [9.17, 15) is 12.8 Å². The lowest BCUT2D eigenvalue weighted by atomic mass is 10.0. The van der Waals surface area contributed by atoms with Crippen LogP contribution in [0.3, 0.4) is 0 Å². The molecule has 0 spiro atoms. The number of hydrogen-bond acceptors (Lipinski definition) is 5. The topological polar surface area (TPSA) is 112 Å². The Morgan fingerprint density at radius 2 is 2.05 bits per heavy atom. The summed E-state index contributed by atoms with van der Waals surface area (Å²) in [5, 5.41) is 5.24. The Morgan fingerprint density at radius 3 is 2.59 bits per heavy atom. The molecule has 4 N–H and O–H groups in total. The number of nitrogens with two attached hydrogens (primary N) is 2. The molecule has 0 saturated heterocycles. The molecule has 1 aromatic carbocycles. The molecule has 1 atom stereocenters. The molecule has 0 fully saturated rings. The number of benzene rings is 1. The zero-order chi connectivity index (χ0) is 16.5. The van der Waals surface area contributed by atoms with Gasteiger partial charge in [-0.3, -0.25) is 0 Å². The molecule has 0 radical (unpaired) electrons. The summed E-state index contributed by atoms with van der Waals surface area (Å²) in [5.41, 5.74) is 7.68. The number of nitrogens with zero attached hydrogens (tertiary/aromatic N) is 2. The molecule has 2 aromatic rings. The van der Waals surface area contributed by atoms with E-state index in [-0.39, 0.29) is 17.3 Å². The Bertz CT molecular complexity index is 806. The Kier molecular flexibility index (Phi) is 4.43. The van der Waals surface area contributed by atoms with Gasteiger partial charge in [-0.15, -0.1) is 0 Å². The number of rotatable bonds is 4. The van der Waals surface area contributed by atoms with Crippen LogP contribution in [-0.2, 0) is 16.4 Å². The predicted octanol–water partition coefficient (Wildman–Crippen LogP) is 1.58. The van der Waals surface area contributed by atoms with Gasteiger partial charge < -0.3 is 5.73 Å². The first kappa shape index (κ1) is 16.3. The van der Waals surface area contributed by atoms with Crippen molar-refractivity contribution in [3.05, 3.63) is 35.7 Å². The summed E-state index contributed by atoms with van der Waals surface area (Å²) in [6.45, 7) is 3.10. The molecule has 0 aliphatic carbocycles. The third-order valence-corrected chi connectivity index (χ3v) is 4.18. The average Bonchev–Trinajstić information content (AvgIpc) is 2.37. The van der Waals surface area contributed by atoms with E-state index in [1.807, 2.05) is 0 Å². The lowest BCUT2D eigenvalue weighted by Crippen LogP contribution is -2.16. The van der Waals surface area contributed by atoms with Gasteiger partial charge in [-0.2, -0.15) is 0 Å². The number of nitrogen functional groups attached to an aromatic ring is 1. The molecule has 2 rings (SSSR count). The summed E-state index contributed by atoms with van der Waals surface area (Å²) in [5.74, 6) is 0.135. The molecule has 0 amide bonds. The van der Waals surface area contributed by atoms with Crippen LogP contribution in [0, 0.1) is 6.92 Å². The minimum Gasteiger partial charge on any atom is -0.368 e. The van der Waals surface area contributed by atoms with Gasteiger partial charge >= 0.3 is 0 Å². The van der Waals surface area contributed by atoms with E-state index in [2.05, 4.69) is 9.97 Å². The van der Waals surface area contributed by atoms with Crippen molar-refractivity contribution >= 4 is 16.0 Å². The van der Waals surface area contributed by atoms with Crippen molar-refractivity contribution < 1.29 is 12.8 Å². The van der Waals surface area contributed by atoms with Crippen LogP contribution in [-0.4, -0.2) is 24.6 Å². The third kappa shape index (κ3) is 3.58. The number of alkyl halides is 1. The molecular formula is C14H17FN4O2S. The summed E-state index contributed by atoms with van der Waals surface area (Å²) in [4.78, 5) is 7.85. The largest absolute Gasteiger partial charge is 0.368 e. The minimum atomic E-state index is -3.96. The molecule has 6 nitrogen and oxygen atoms in total. The Hall–Kier alpha value is -2.06. The summed E-state index contributed by atoms with van der Waals surface area (Å²) >= 11 is 0. The van der Waals surface area contributed by atoms with Gasteiger partial charge in [0.1, 0.15) is 6.17 Å². The van der Waals surface area contributed by atoms with Crippen LogP contribution >= 0.6 is 0 Å². The molecular weight excluding hydrogens is 307 g/mol. The molecule has 8 heteroatoms. The van der Waals surface area contributed by atoms with Crippen molar-refractivity contribution in [1.82, 2.24) is 9.97 Å². The summed E-state index contributed by atoms with van der Waals surface area (Å²) in [6, 6.07) is 4.66. The Labute approximate surface area is 128 Å². The van der Waals surface area contributed by atoms with Crippen molar-refractivity contribution in [1.29, 1.82) is 0 Å². The second kappa shape index (κ2) is 5.98. The minimum absolute atomic E-state index is 0.0245. The maximum absolute atomic E-state index is 13.2. The highest BCUT2D eigenvalue weighted by Crippen LogP contribution is 2.27. The molecule has 118 valence electrons. The molecule has 0 saturated carbocycles. The SMILES string of the molecule is Cc1nc(N)ncc1-c1ccc(CC(C)F)c(S(N)(=O)=O)c1. The number of halogens is 1.